The first-order valence-corrected chi connectivity index (χ1v) is 8.08. The highest BCUT2D eigenvalue weighted by Crippen LogP contribution is 2.34. The number of benzene rings is 1. The normalized spacial score (nSPS) is 17.8. The summed E-state index contributed by atoms with van der Waals surface area (Å²) in [6.45, 7) is 1.68. The highest BCUT2D eigenvalue weighted by molar-refractivity contribution is 9.10. The van der Waals surface area contributed by atoms with Crippen LogP contribution in [0.4, 0.5) is 0 Å². The summed E-state index contributed by atoms with van der Waals surface area (Å²) in [4.78, 5) is 11.3. The zero-order valence-corrected chi connectivity index (χ0v) is 12.7. The minimum Gasteiger partial charge on any atom is -0.480 e. The van der Waals surface area contributed by atoms with Crippen LogP contribution in [0.1, 0.15) is 24.8 Å². The molecule has 0 heterocycles. The number of nitrogens with one attached hydrogen (secondary N) is 1. The number of sulfonamides is 1. The lowest BCUT2D eigenvalue weighted by Crippen LogP contribution is -2.58. The summed E-state index contributed by atoms with van der Waals surface area (Å²) in [6, 6.07) is 4.89. The van der Waals surface area contributed by atoms with E-state index in [0.29, 0.717) is 29.3 Å². The smallest absolute Gasteiger partial charge is 0.324 e. The van der Waals surface area contributed by atoms with Gasteiger partial charge in [-0.3, -0.25) is 4.79 Å². The third-order valence-electron chi connectivity index (χ3n) is 3.39. The summed E-state index contributed by atoms with van der Waals surface area (Å²) in [5, 5.41) is 9.18. The number of carbonyl (C=O) groups is 1. The molecule has 1 fully saturated rings. The van der Waals surface area contributed by atoms with Crippen molar-refractivity contribution in [1.29, 1.82) is 0 Å². The van der Waals surface area contributed by atoms with E-state index in [-0.39, 0.29) is 4.90 Å². The Labute approximate surface area is 120 Å². The van der Waals surface area contributed by atoms with Gasteiger partial charge in [-0.1, -0.05) is 22.0 Å². The quantitative estimate of drug-likeness (QED) is 0.872. The second-order valence-corrected chi connectivity index (χ2v) is 7.32. The highest BCUT2D eigenvalue weighted by Gasteiger charge is 2.47. The molecule has 1 aromatic carbocycles. The number of aryl methyl sites for hydroxylation is 1. The molecule has 19 heavy (non-hydrogen) atoms. The zero-order chi connectivity index (χ0) is 14.3. The molecule has 1 saturated carbocycles. The van der Waals surface area contributed by atoms with Crippen LogP contribution in [0.2, 0.25) is 0 Å². The van der Waals surface area contributed by atoms with Crippen molar-refractivity contribution in [2.24, 2.45) is 0 Å². The van der Waals surface area contributed by atoms with Crippen molar-refractivity contribution in [3.8, 4) is 0 Å². The number of carboxylic acid groups (broad SMARTS) is 1. The standard InChI is InChI=1S/C12H14BrNO4S/c1-8-3-4-9(13)7-10(8)19(17,18)14-12(11(15)16)5-2-6-12/h3-4,7,14H,2,5-6H2,1H3,(H,15,16). The van der Waals surface area contributed by atoms with Crippen molar-refractivity contribution in [1.82, 2.24) is 4.72 Å². The van der Waals surface area contributed by atoms with Gasteiger partial charge in [-0.2, -0.15) is 4.72 Å². The molecule has 0 radical (unpaired) electrons. The van der Waals surface area contributed by atoms with Crippen molar-refractivity contribution in [3.63, 3.8) is 0 Å². The maximum Gasteiger partial charge on any atom is 0.324 e. The van der Waals surface area contributed by atoms with E-state index in [4.69, 9.17) is 0 Å². The minimum absolute atomic E-state index is 0.106. The lowest BCUT2D eigenvalue weighted by molar-refractivity contribution is -0.147. The molecule has 104 valence electrons. The Balaban J connectivity index is 2.38. The second kappa shape index (κ2) is 4.88. The van der Waals surface area contributed by atoms with Gasteiger partial charge in [0.25, 0.3) is 0 Å². The van der Waals surface area contributed by atoms with Crippen LogP contribution in [-0.2, 0) is 14.8 Å². The Bertz CT molecular complexity index is 623. The molecule has 0 unspecified atom stereocenters. The second-order valence-electron chi connectivity index (χ2n) is 4.76. The fourth-order valence-corrected chi connectivity index (χ4v) is 4.27. The van der Waals surface area contributed by atoms with Crippen molar-refractivity contribution in [3.05, 3.63) is 28.2 Å². The Hall–Kier alpha value is -0.920. The third kappa shape index (κ3) is 2.68. The first-order valence-electron chi connectivity index (χ1n) is 5.80. The van der Waals surface area contributed by atoms with Crippen molar-refractivity contribution >= 4 is 31.9 Å². The zero-order valence-electron chi connectivity index (χ0n) is 10.3. The lowest BCUT2D eigenvalue weighted by Gasteiger charge is -2.37. The number of carboxylic acids is 1. The van der Waals surface area contributed by atoms with E-state index in [9.17, 15) is 18.3 Å². The van der Waals surface area contributed by atoms with Crippen molar-refractivity contribution < 1.29 is 18.3 Å². The molecule has 0 bridgehead atoms. The predicted octanol–water partition coefficient (Wildman–Crippen LogP) is 2.04. The Kier molecular flexibility index (Phi) is 3.72. The van der Waals surface area contributed by atoms with Gasteiger partial charge in [-0.25, -0.2) is 8.42 Å². The molecule has 0 spiro atoms. The summed E-state index contributed by atoms with van der Waals surface area (Å²) < 4.78 is 27.6. The number of hydrogen-bond acceptors (Lipinski definition) is 3. The monoisotopic (exact) mass is 347 g/mol. The average Bonchev–Trinajstić information content (AvgIpc) is 2.26. The number of halogens is 1. The third-order valence-corrected chi connectivity index (χ3v) is 5.56. The van der Waals surface area contributed by atoms with Gasteiger partial charge in [-0.15, -0.1) is 0 Å². The van der Waals surface area contributed by atoms with E-state index in [2.05, 4.69) is 20.7 Å². The minimum atomic E-state index is -3.84. The molecule has 7 heteroatoms. The summed E-state index contributed by atoms with van der Waals surface area (Å²) in [6.07, 6.45) is 1.37. The Morgan fingerprint density at radius 3 is 2.53 bits per heavy atom. The SMILES string of the molecule is Cc1ccc(Br)cc1S(=O)(=O)NC1(C(=O)O)CCC1. The van der Waals surface area contributed by atoms with E-state index in [1.807, 2.05) is 0 Å². The largest absolute Gasteiger partial charge is 0.480 e. The summed E-state index contributed by atoms with van der Waals surface area (Å²) >= 11 is 3.22. The van der Waals surface area contributed by atoms with Gasteiger partial charge < -0.3 is 5.11 Å². The molecule has 1 aliphatic rings. The number of rotatable bonds is 4. The molecule has 1 aliphatic carbocycles. The van der Waals surface area contributed by atoms with Crippen LogP contribution in [0.3, 0.4) is 0 Å². The average molecular weight is 348 g/mol. The van der Waals surface area contributed by atoms with Crippen LogP contribution in [-0.4, -0.2) is 25.0 Å². The van der Waals surface area contributed by atoms with Gasteiger partial charge in [0, 0.05) is 4.47 Å². The first-order chi connectivity index (χ1) is 8.77. The summed E-state index contributed by atoms with van der Waals surface area (Å²) in [5.74, 6) is -1.12. The Morgan fingerprint density at radius 1 is 1.42 bits per heavy atom. The topological polar surface area (TPSA) is 83.5 Å². The van der Waals surface area contributed by atoms with E-state index in [0.717, 1.165) is 0 Å². The molecule has 5 nitrogen and oxygen atoms in total. The van der Waals surface area contributed by atoms with Crippen LogP contribution in [0.15, 0.2) is 27.6 Å². The molecule has 2 rings (SSSR count). The van der Waals surface area contributed by atoms with Crippen LogP contribution < -0.4 is 4.72 Å². The van der Waals surface area contributed by atoms with E-state index in [1.54, 1.807) is 19.1 Å². The molecule has 0 aromatic heterocycles. The van der Waals surface area contributed by atoms with Crippen LogP contribution in [0.25, 0.3) is 0 Å². The van der Waals surface area contributed by atoms with Crippen molar-refractivity contribution in [2.45, 2.75) is 36.6 Å². The van der Waals surface area contributed by atoms with E-state index in [1.165, 1.54) is 6.07 Å². The van der Waals surface area contributed by atoms with E-state index >= 15 is 0 Å². The molecule has 0 saturated heterocycles. The maximum atomic E-state index is 12.3. The number of aliphatic carboxylic acids is 1. The summed E-state index contributed by atoms with van der Waals surface area (Å²) in [5.41, 5.74) is -0.760. The van der Waals surface area contributed by atoms with E-state index < -0.39 is 21.5 Å². The van der Waals surface area contributed by atoms with Crippen molar-refractivity contribution in [2.75, 3.05) is 0 Å². The molecule has 0 amide bonds. The van der Waals surface area contributed by atoms with Gasteiger partial charge in [-0.05, 0) is 43.9 Å². The molecular formula is C12H14BrNO4S. The van der Waals surface area contributed by atoms with Gasteiger partial charge >= 0.3 is 5.97 Å². The fraction of sp³-hybridized carbons (Fsp3) is 0.417. The molecule has 0 aliphatic heterocycles. The predicted molar refractivity (Wildman–Crippen MR) is 73.4 cm³/mol. The van der Waals surface area contributed by atoms with Crippen LogP contribution >= 0.6 is 15.9 Å². The first kappa shape index (κ1) is 14.5. The van der Waals surface area contributed by atoms with Gasteiger partial charge in [0.1, 0.15) is 5.54 Å². The van der Waals surface area contributed by atoms with Crippen LogP contribution in [0, 0.1) is 6.92 Å². The molecule has 2 N–H and O–H groups in total. The van der Waals surface area contributed by atoms with Gasteiger partial charge in [0.2, 0.25) is 10.0 Å². The van der Waals surface area contributed by atoms with Crippen LogP contribution in [0.5, 0.6) is 0 Å². The van der Waals surface area contributed by atoms with Gasteiger partial charge in [0.15, 0.2) is 0 Å². The maximum absolute atomic E-state index is 12.3. The molecular weight excluding hydrogens is 334 g/mol. The lowest BCUT2D eigenvalue weighted by atomic mass is 9.78. The molecule has 0 atom stereocenters. The summed E-state index contributed by atoms with van der Waals surface area (Å²) in [7, 11) is -3.84. The number of hydrogen-bond donors (Lipinski definition) is 2. The highest BCUT2D eigenvalue weighted by atomic mass is 79.9. The fourth-order valence-electron chi connectivity index (χ4n) is 2.07. The Morgan fingerprint density at radius 2 is 2.05 bits per heavy atom. The van der Waals surface area contributed by atoms with Gasteiger partial charge in [0.05, 0.1) is 4.90 Å². The molecule has 1 aromatic rings.